The van der Waals surface area contributed by atoms with Gasteiger partial charge in [0.15, 0.2) is 0 Å². The van der Waals surface area contributed by atoms with Crippen LogP contribution in [0.3, 0.4) is 0 Å². The lowest BCUT2D eigenvalue weighted by Crippen LogP contribution is -2.22. The lowest BCUT2D eigenvalue weighted by Gasteiger charge is -2.21. The largest absolute Gasteiger partial charge is 0.488 e. The first kappa shape index (κ1) is 29.3. The molecule has 0 aromatic heterocycles. The third-order valence-electron chi connectivity index (χ3n) is 6.46. The molecule has 0 saturated carbocycles. The van der Waals surface area contributed by atoms with Crippen molar-refractivity contribution in [3.63, 3.8) is 0 Å². The Morgan fingerprint density at radius 3 is 1.63 bits per heavy atom. The quantitative estimate of drug-likeness (QED) is 0.152. The van der Waals surface area contributed by atoms with Crippen molar-refractivity contribution < 1.29 is 28.5 Å². The maximum absolute atomic E-state index is 12.1. The average Bonchev–Trinajstić information content (AvgIpc) is 2.92. The molecule has 0 heterocycles. The summed E-state index contributed by atoms with van der Waals surface area (Å²) in [5.41, 5.74) is 1.18. The normalized spacial score (nSPS) is 12.8. The fourth-order valence-corrected chi connectivity index (χ4v) is 4.36. The minimum atomic E-state index is -0.373. The Hall–Kier alpha value is -3.28. The summed E-state index contributed by atoms with van der Waals surface area (Å²) < 4.78 is 23.8. The monoisotopic (exact) mass is 522 g/mol. The Kier molecular flexibility index (Phi) is 11.3. The van der Waals surface area contributed by atoms with Gasteiger partial charge in [-0.2, -0.15) is 0 Å². The molecular weight excluding hydrogens is 480 g/mol. The summed E-state index contributed by atoms with van der Waals surface area (Å²) in [6.45, 7) is 10.4. The molecule has 0 bridgehead atoms. The number of carbonyl (C=O) groups excluding carboxylic acids is 2. The maximum atomic E-state index is 12.1. The van der Waals surface area contributed by atoms with Crippen LogP contribution >= 0.6 is 0 Å². The summed E-state index contributed by atoms with van der Waals surface area (Å²) in [5.74, 6) is 1.09. The first-order valence-electron chi connectivity index (χ1n) is 14.0. The van der Waals surface area contributed by atoms with Gasteiger partial charge in [0.1, 0.15) is 36.9 Å². The number of rotatable bonds is 15. The van der Waals surface area contributed by atoms with Gasteiger partial charge in [0, 0.05) is 34.4 Å². The van der Waals surface area contributed by atoms with E-state index in [1.165, 1.54) is 5.56 Å². The molecule has 0 spiro atoms. The van der Waals surface area contributed by atoms with Gasteiger partial charge in [0.25, 0.3) is 0 Å². The van der Waals surface area contributed by atoms with Crippen molar-refractivity contribution in [1.82, 2.24) is 0 Å². The van der Waals surface area contributed by atoms with Crippen LogP contribution in [0, 0.1) is 0 Å². The number of hydrogen-bond acceptors (Lipinski definition) is 6. The Morgan fingerprint density at radius 1 is 0.684 bits per heavy atom. The molecule has 2 atom stereocenters. The first-order chi connectivity index (χ1) is 18.4. The van der Waals surface area contributed by atoms with Crippen LogP contribution in [0.4, 0.5) is 0 Å². The average molecular weight is 523 g/mol. The molecule has 0 aliphatic carbocycles. The molecule has 6 heteroatoms. The Morgan fingerprint density at radius 2 is 1.16 bits per heavy atom. The van der Waals surface area contributed by atoms with Gasteiger partial charge in [-0.15, -0.1) is 0 Å². The number of fused-ring (bicyclic) bond motifs is 2. The van der Waals surface area contributed by atoms with Crippen molar-refractivity contribution in [2.45, 2.75) is 91.8 Å². The summed E-state index contributed by atoms with van der Waals surface area (Å²) in [5, 5.41) is 3.69. The van der Waals surface area contributed by atoms with E-state index in [1.54, 1.807) is 0 Å². The van der Waals surface area contributed by atoms with Crippen LogP contribution in [-0.4, -0.2) is 37.4 Å². The van der Waals surface area contributed by atoms with E-state index in [0.29, 0.717) is 12.8 Å². The number of hydrogen-bond donors (Lipinski definition) is 0. The van der Waals surface area contributed by atoms with Crippen LogP contribution < -0.4 is 9.47 Å². The lowest BCUT2D eigenvalue weighted by molar-refractivity contribution is -0.150. The molecule has 0 aliphatic rings. The van der Waals surface area contributed by atoms with E-state index in [1.807, 2.05) is 45.0 Å². The fraction of sp³-hybridized carbons (Fsp3) is 0.500. The first-order valence-corrected chi connectivity index (χ1v) is 14.0. The van der Waals surface area contributed by atoms with Crippen LogP contribution in [0.1, 0.15) is 78.7 Å². The molecule has 0 aliphatic heterocycles. The second-order valence-electron chi connectivity index (χ2n) is 9.87. The van der Waals surface area contributed by atoms with Crippen LogP contribution in [-0.2, 0) is 25.5 Å². The molecule has 38 heavy (non-hydrogen) atoms. The minimum Gasteiger partial charge on any atom is -0.488 e. The highest BCUT2D eigenvalue weighted by Gasteiger charge is 2.19. The van der Waals surface area contributed by atoms with Crippen molar-refractivity contribution in [2.75, 3.05) is 13.2 Å². The van der Waals surface area contributed by atoms with Crippen molar-refractivity contribution in [2.24, 2.45) is 0 Å². The van der Waals surface area contributed by atoms with Crippen LogP contribution in [0.15, 0.2) is 42.5 Å². The molecule has 3 rings (SSSR count). The second kappa shape index (κ2) is 14.6. The molecule has 0 fully saturated rings. The third kappa shape index (κ3) is 7.86. The fourth-order valence-electron chi connectivity index (χ4n) is 4.36. The van der Waals surface area contributed by atoms with E-state index < -0.39 is 0 Å². The lowest BCUT2D eigenvalue weighted by atomic mass is 9.98. The number of unbranched alkanes of at least 4 members (excludes halogenated alkanes) is 2. The standard InChI is InChI=1S/C32H42O6/c1-6-9-15-29(33)37-22(4)20-35-31-25-13-11-12-14-26(25)32(28-19-24(8-3)17-18-27(28)31)36-21-23(5)38-30(34)16-10-7-2/h11-14,17-19,22-23H,6-10,15-16,20-21H2,1-5H3. The van der Waals surface area contributed by atoms with Crippen molar-refractivity contribution >= 4 is 33.5 Å². The van der Waals surface area contributed by atoms with Crippen molar-refractivity contribution in [3.8, 4) is 11.5 Å². The van der Waals surface area contributed by atoms with E-state index in [-0.39, 0.29) is 37.4 Å². The molecule has 0 radical (unpaired) electrons. The van der Waals surface area contributed by atoms with E-state index >= 15 is 0 Å². The van der Waals surface area contributed by atoms with Gasteiger partial charge < -0.3 is 18.9 Å². The van der Waals surface area contributed by atoms with Crippen LogP contribution in [0.5, 0.6) is 11.5 Å². The maximum Gasteiger partial charge on any atom is 0.306 e. The molecular formula is C32H42O6. The molecule has 0 saturated heterocycles. The number of carbonyl (C=O) groups is 2. The second-order valence-corrected chi connectivity index (χ2v) is 9.87. The zero-order valence-electron chi connectivity index (χ0n) is 23.5. The SMILES string of the molecule is CCCCC(=O)OC(C)COc1c2ccccc2c(OCC(C)OC(=O)CCCC)c2cc(CC)ccc12. The number of benzene rings is 3. The van der Waals surface area contributed by atoms with Gasteiger partial charge >= 0.3 is 11.9 Å². The summed E-state index contributed by atoms with van der Waals surface area (Å²) in [6, 6.07) is 14.3. The van der Waals surface area contributed by atoms with Gasteiger partial charge in [0.2, 0.25) is 0 Å². The molecule has 2 unspecified atom stereocenters. The van der Waals surface area contributed by atoms with E-state index in [9.17, 15) is 9.59 Å². The smallest absolute Gasteiger partial charge is 0.306 e. The third-order valence-corrected chi connectivity index (χ3v) is 6.46. The Bertz CT molecular complexity index is 1220. The molecule has 6 nitrogen and oxygen atoms in total. The highest BCUT2D eigenvalue weighted by Crippen LogP contribution is 2.43. The number of ether oxygens (including phenoxy) is 4. The Labute approximate surface area is 226 Å². The van der Waals surface area contributed by atoms with Gasteiger partial charge in [-0.05, 0) is 44.7 Å². The van der Waals surface area contributed by atoms with Crippen molar-refractivity contribution in [3.05, 3.63) is 48.0 Å². The summed E-state index contributed by atoms with van der Waals surface area (Å²) >= 11 is 0. The van der Waals surface area contributed by atoms with Gasteiger partial charge in [0.05, 0.1) is 0 Å². The van der Waals surface area contributed by atoms with Crippen molar-refractivity contribution in [1.29, 1.82) is 0 Å². The van der Waals surface area contributed by atoms with Crippen LogP contribution in [0.2, 0.25) is 0 Å². The Balaban J connectivity index is 1.90. The summed E-state index contributed by atoms with van der Waals surface area (Å²) in [6.07, 6.45) is 4.52. The van der Waals surface area contributed by atoms with Gasteiger partial charge in [-0.3, -0.25) is 9.59 Å². The van der Waals surface area contributed by atoms with E-state index in [2.05, 4.69) is 32.0 Å². The summed E-state index contributed by atoms with van der Waals surface area (Å²) in [4.78, 5) is 24.2. The van der Waals surface area contributed by atoms with Gasteiger partial charge in [-0.25, -0.2) is 0 Å². The molecule has 0 N–H and O–H groups in total. The predicted molar refractivity (Wildman–Crippen MR) is 152 cm³/mol. The topological polar surface area (TPSA) is 71.1 Å². The van der Waals surface area contributed by atoms with Crippen LogP contribution in [0.25, 0.3) is 21.5 Å². The molecule has 206 valence electrons. The highest BCUT2D eigenvalue weighted by atomic mass is 16.6. The van der Waals surface area contributed by atoms with E-state index in [0.717, 1.165) is 65.1 Å². The molecule has 3 aromatic rings. The minimum absolute atomic E-state index is 0.195. The zero-order chi connectivity index (χ0) is 27.5. The number of aryl methyl sites for hydroxylation is 1. The van der Waals surface area contributed by atoms with E-state index in [4.69, 9.17) is 18.9 Å². The predicted octanol–water partition coefficient (Wildman–Crippen LogP) is 7.56. The zero-order valence-corrected chi connectivity index (χ0v) is 23.5. The molecule has 3 aromatic carbocycles. The highest BCUT2D eigenvalue weighted by molar-refractivity contribution is 6.11. The number of esters is 2. The molecule has 0 amide bonds. The summed E-state index contributed by atoms with van der Waals surface area (Å²) in [7, 11) is 0. The van der Waals surface area contributed by atoms with Gasteiger partial charge in [-0.1, -0.05) is 70.0 Å².